The zero-order chi connectivity index (χ0) is 19.5. The van der Waals surface area contributed by atoms with E-state index >= 15 is 0 Å². The van der Waals surface area contributed by atoms with Crippen molar-refractivity contribution in [1.29, 1.82) is 0 Å². The van der Waals surface area contributed by atoms with Gasteiger partial charge < -0.3 is 15.4 Å². The molecule has 0 bridgehead atoms. The maximum absolute atomic E-state index is 12.2. The lowest BCUT2D eigenvalue weighted by Gasteiger charge is -2.16. The van der Waals surface area contributed by atoms with E-state index < -0.39 is 0 Å². The summed E-state index contributed by atoms with van der Waals surface area (Å²) in [6.07, 6.45) is 2.75. The Labute approximate surface area is 161 Å². The van der Waals surface area contributed by atoms with E-state index in [2.05, 4.69) is 17.6 Å². The van der Waals surface area contributed by atoms with E-state index in [4.69, 9.17) is 4.74 Å². The SMILES string of the molecule is CCCCC(C(=O)OCC)c1ccc(NC(=O)NCc2ccccc2)cc1. The van der Waals surface area contributed by atoms with Gasteiger partial charge in [0.05, 0.1) is 12.5 Å². The van der Waals surface area contributed by atoms with Gasteiger partial charge in [0.15, 0.2) is 0 Å². The van der Waals surface area contributed by atoms with E-state index in [1.165, 1.54) is 0 Å². The number of ether oxygens (including phenoxy) is 1. The van der Waals surface area contributed by atoms with Crippen LogP contribution >= 0.6 is 0 Å². The molecule has 2 rings (SSSR count). The molecule has 2 aromatic rings. The van der Waals surface area contributed by atoms with Crippen molar-refractivity contribution in [2.75, 3.05) is 11.9 Å². The Hall–Kier alpha value is -2.82. The van der Waals surface area contributed by atoms with Gasteiger partial charge in [-0.1, -0.05) is 62.2 Å². The van der Waals surface area contributed by atoms with Crippen molar-refractivity contribution in [3.05, 3.63) is 65.7 Å². The summed E-state index contributed by atoms with van der Waals surface area (Å²) in [4.78, 5) is 24.3. The summed E-state index contributed by atoms with van der Waals surface area (Å²) in [6.45, 7) is 4.76. The summed E-state index contributed by atoms with van der Waals surface area (Å²) in [5.41, 5.74) is 2.63. The van der Waals surface area contributed by atoms with E-state index in [1.807, 2.05) is 61.5 Å². The Morgan fingerprint density at radius 2 is 1.70 bits per heavy atom. The number of benzene rings is 2. The molecule has 0 saturated heterocycles. The molecule has 27 heavy (non-hydrogen) atoms. The quantitative estimate of drug-likeness (QED) is 0.622. The first-order valence-electron chi connectivity index (χ1n) is 9.49. The molecule has 0 radical (unpaired) electrons. The number of carbonyl (C=O) groups is 2. The number of hydrogen-bond acceptors (Lipinski definition) is 3. The molecule has 2 aromatic carbocycles. The second kappa shape index (κ2) is 11.0. The van der Waals surface area contributed by atoms with E-state index in [0.717, 1.165) is 30.4 Å². The number of amides is 2. The van der Waals surface area contributed by atoms with Crippen LogP contribution in [0.25, 0.3) is 0 Å². The molecule has 1 atom stereocenters. The zero-order valence-electron chi connectivity index (χ0n) is 16.0. The second-order valence-electron chi connectivity index (χ2n) is 6.36. The van der Waals surface area contributed by atoms with Crippen LogP contribution in [-0.4, -0.2) is 18.6 Å². The maximum atomic E-state index is 12.2. The highest BCUT2D eigenvalue weighted by Gasteiger charge is 2.21. The number of carbonyl (C=O) groups excluding carboxylic acids is 2. The van der Waals surface area contributed by atoms with Crippen molar-refractivity contribution in [1.82, 2.24) is 5.32 Å². The van der Waals surface area contributed by atoms with Gasteiger partial charge in [0.1, 0.15) is 0 Å². The minimum absolute atomic E-state index is 0.188. The van der Waals surface area contributed by atoms with Crippen molar-refractivity contribution in [3.63, 3.8) is 0 Å². The molecular weight excluding hydrogens is 340 g/mol. The minimum Gasteiger partial charge on any atom is -0.466 e. The lowest BCUT2D eigenvalue weighted by atomic mass is 9.93. The van der Waals surface area contributed by atoms with Crippen LogP contribution in [0, 0.1) is 0 Å². The van der Waals surface area contributed by atoms with E-state index in [0.29, 0.717) is 18.8 Å². The number of esters is 1. The van der Waals surface area contributed by atoms with Crippen molar-refractivity contribution in [3.8, 4) is 0 Å². The monoisotopic (exact) mass is 368 g/mol. The molecule has 144 valence electrons. The predicted octanol–water partition coefficient (Wildman–Crippen LogP) is 4.85. The molecule has 5 heteroatoms. The topological polar surface area (TPSA) is 67.4 Å². The highest BCUT2D eigenvalue weighted by atomic mass is 16.5. The Bertz CT molecular complexity index is 714. The van der Waals surface area contributed by atoms with E-state index in [1.54, 1.807) is 0 Å². The van der Waals surface area contributed by atoms with E-state index in [-0.39, 0.29) is 17.9 Å². The molecule has 0 aliphatic carbocycles. The molecular formula is C22H28N2O3. The first-order chi connectivity index (χ1) is 13.1. The van der Waals surface area contributed by atoms with Crippen LogP contribution < -0.4 is 10.6 Å². The average Bonchev–Trinajstić information content (AvgIpc) is 2.69. The molecule has 0 spiro atoms. The average molecular weight is 368 g/mol. The van der Waals surface area contributed by atoms with Crippen LogP contribution in [0.2, 0.25) is 0 Å². The summed E-state index contributed by atoms with van der Waals surface area (Å²) >= 11 is 0. The number of hydrogen-bond donors (Lipinski definition) is 2. The molecule has 2 N–H and O–H groups in total. The lowest BCUT2D eigenvalue weighted by Crippen LogP contribution is -2.28. The van der Waals surface area contributed by atoms with Crippen LogP contribution in [0.5, 0.6) is 0 Å². The van der Waals surface area contributed by atoms with Gasteiger partial charge >= 0.3 is 12.0 Å². The number of unbranched alkanes of at least 4 members (excludes halogenated alkanes) is 1. The Morgan fingerprint density at radius 3 is 2.33 bits per heavy atom. The largest absolute Gasteiger partial charge is 0.466 e. The van der Waals surface area contributed by atoms with Gasteiger partial charge in [-0.3, -0.25) is 4.79 Å². The summed E-state index contributed by atoms with van der Waals surface area (Å²) < 4.78 is 5.21. The summed E-state index contributed by atoms with van der Waals surface area (Å²) in [7, 11) is 0. The van der Waals surface area contributed by atoms with Gasteiger partial charge in [0.25, 0.3) is 0 Å². The number of urea groups is 1. The second-order valence-corrected chi connectivity index (χ2v) is 6.36. The van der Waals surface area contributed by atoms with Crippen molar-refractivity contribution >= 4 is 17.7 Å². The van der Waals surface area contributed by atoms with Gasteiger partial charge in [-0.05, 0) is 36.6 Å². The van der Waals surface area contributed by atoms with Crippen LogP contribution in [0.15, 0.2) is 54.6 Å². The molecule has 0 aromatic heterocycles. The molecule has 0 aliphatic heterocycles. The summed E-state index contributed by atoms with van der Waals surface area (Å²) in [5.74, 6) is -0.446. The molecule has 0 aliphatic rings. The van der Waals surface area contributed by atoms with Gasteiger partial charge in [0.2, 0.25) is 0 Å². The van der Waals surface area contributed by atoms with Crippen LogP contribution in [0.3, 0.4) is 0 Å². The fraction of sp³-hybridized carbons (Fsp3) is 0.364. The molecule has 1 unspecified atom stereocenters. The third-order valence-electron chi connectivity index (χ3n) is 4.28. The Kier molecular flexibility index (Phi) is 8.36. The molecule has 0 fully saturated rings. The normalized spacial score (nSPS) is 11.5. The fourth-order valence-corrected chi connectivity index (χ4v) is 2.82. The van der Waals surface area contributed by atoms with Crippen molar-refractivity contribution in [2.45, 2.75) is 45.6 Å². The third-order valence-corrected chi connectivity index (χ3v) is 4.28. The van der Waals surface area contributed by atoms with Crippen molar-refractivity contribution < 1.29 is 14.3 Å². The number of anilines is 1. The van der Waals surface area contributed by atoms with Crippen molar-refractivity contribution in [2.24, 2.45) is 0 Å². The first-order valence-corrected chi connectivity index (χ1v) is 9.49. The van der Waals surface area contributed by atoms with Crippen LogP contribution in [-0.2, 0) is 16.1 Å². The number of nitrogens with one attached hydrogen (secondary N) is 2. The molecule has 0 saturated carbocycles. The Balaban J connectivity index is 1.93. The predicted molar refractivity (Wildman–Crippen MR) is 108 cm³/mol. The smallest absolute Gasteiger partial charge is 0.319 e. The standard InChI is InChI=1S/C22H28N2O3/c1-3-5-11-20(21(25)27-4-2)18-12-14-19(15-13-18)24-22(26)23-16-17-9-7-6-8-10-17/h6-10,12-15,20H,3-5,11,16H2,1-2H3,(H2,23,24,26). The zero-order valence-corrected chi connectivity index (χ0v) is 16.0. The number of rotatable bonds is 9. The highest BCUT2D eigenvalue weighted by Crippen LogP contribution is 2.25. The molecule has 5 nitrogen and oxygen atoms in total. The third kappa shape index (κ3) is 6.77. The van der Waals surface area contributed by atoms with Crippen LogP contribution in [0.4, 0.5) is 10.5 Å². The highest BCUT2D eigenvalue weighted by molar-refractivity contribution is 5.89. The van der Waals surface area contributed by atoms with Gasteiger partial charge in [-0.15, -0.1) is 0 Å². The van der Waals surface area contributed by atoms with Gasteiger partial charge in [-0.25, -0.2) is 4.79 Å². The summed E-state index contributed by atoms with van der Waals surface area (Å²) in [6, 6.07) is 16.9. The van der Waals surface area contributed by atoms with E-state index in [9.17, 15) is 9.59 Å². The van der Waals surface area contributed by atoms with Crippen LogP contribution in [0.1, 0.15) is 50.2 Å². The molecule has 0 heterocycles. The minimum atomic E-state index is -0.264. The van der Waals surface area contributed by atoms with Gasteiger partial charge in [0, 0.05) is 12.2 Å². The summed E-state index contributed by atoms with van der Waals surface area (Å²) in [5, 5.41) is 5.63. The first kappa shape index (κ1) is 20.5. The van der Waals surface area contributed by atoms with Gasteiger partial charge in [-0.2, -0.15) is 0 Å². The lowest BCUT2D eigenvalue weighted by molar-refractivity contribution is -0.145. The molecule has 2 amide bonds. The maximum Gasteiger partial charge on any atom is 0.319 e. The fourth-order valence-electron chi connectivity index (χ4n) is 2.82. The Morgan fingerprint density at radius 1 is 1.00 bits per heavy atom.